The lowest BCUT2D eigenvalue weighted by molar-refractivity contribution is -0.140. The molecule has 1 rings (SSSR count). The summed E-state index contributed by atoms with van der Waals surface area (Å²) in [5.41, 5.74) is 0.955. The minimum Gasteiger partial charge on any atom is -0.480 e. The molecule has 0 saturated carbocycles. The molecule has 1 aromatic heterocycles. The molecule has 1 unspecified atom stereocenters. The number of aryl methyl sites for hydroxylation is 1. The van der Waals surface area contributed by atoms with Crippen molar-refractivity contribution in [1.82, 2.24) is 10.3 Å². The number of amides is 1. The van der Waals surface area contributed by atoms with Crippen LogP contribution in [0, 0.1) is 0 Å². The number of hydrogen-bond acceptors (Lipinski definition) is 3. The van der Waals surface area contributed by atoms with Gasteiger partial charge in [-0.05, 0) is 24.5 Å². The molecule has 80 valence electrons. The molecule has 1 amide bonds. The number of rotatable bonds is 6. The van der Waals surface area contributed by atoms with E-state index < -0.39 is 12.0 Å². The van der Waals surface area contributed by atoms with Crippen molar-refractivity contribution in [2.45, 2.75) is 18.9 Å². The van der Waals surface area contributed by atoms with Crippen LogP contribution in [-0.2, 0) is 16.0 Å². The van der Waals surface area contributed by atoms with E-state index in [1.54, 1.807) is 18.5 Å². The number of aromatic nitrogens is 1. The van der Waals surface area contributed by atoms with Crippen LogP contribution in [0.25, 0.3) is 0 Å². The summed E-state index contributed by atoms with van der Waals surface area (Å²) < 4.78 is 0. The molecule has 2 N–H and O–H groups in total. The van der Waals surface area contributed by atoms with Crippen molar-refractivity contribution in [3.05, 3.63) is 30.1 Å². The van der Waals surface area contributed by atoms with E-state index in [0.717, 1.165) is 5.56 Å². The lowest BCUT2D eigenvalue weighted by Crippen LogP contribution is -2.36. The molecular formula is C10H12N2O3. The van der Waals surface area contributed by atoms with Gasteiger partial charge in [0.15, 0.2) is 0 Å². The van der Waals surface area contributed by atoms with Crippen LogP contribution in [0.5, 0.6) is 0 Å². The van der Waals surface area contributed by atoms with E-state index >= 15 is 0 Å². The first-order valence-electron chi connectivity index (χ1n) is 4.55. The number of pyridine rings is 1. The zero-order valence-electron chi connectivity index (χ0n) is 8.09. The quantitative estimate of drug-likeness (QED) is 0.655. The number of carbonyl (C=O) groups is 2. The third-order valence-corrected chi connectivity index (χ3v) is 2.01. The SMILES string of the molecule is O=CNC(CCc1cccnc1)C(=O)O. The highest BCUT2D eigenvalue weighted by molar-refractivity contribution is 5.76. The molecule has 5 nitrogen and oxygen atoms in total. The van der Waals surface area contributed by atoms with E-state index in [2.05, 4.69) is 10.3 Å². The fourth-order valence-corrected chi connectivity index (χ4v) is 1.22. The van der Waals surface area contributed by atoms with E-state index in [1.807, 2.05) is 6.07 Å². The molecule has 0 saturated heterocycles. The number of carboxylic acid groups (broad SMARTS) is 1. The molecule has 0 fully saturated rings. The summed E-state index contributed by atoms with van der Waals surface area (Å²) in [4.78, 5) is 24.7. The smallest absolute Gasteiger partial charge is 0.326 e. The van der Waals surface area contributed by atoms with Gasteiger partial charge in [0.25, 0.3) is 0 Å². The molecule has 0 aliphatic carbocycles. The first kappa shape index (κ1) is 11.2. The van der Waals surface area contributed by atoms with E-state index in [1.165, 1.54) is 0 Å². The minimum absolute atomic E-state index is 0.361. The molecule has 0 aliphatic rings. The van der Waals surface area contributed by atoms with Crippen LogP contribution >= 0.6 is 0 Å². The molecule has 0 radical (unpaired) electrons. The highest BCUT2D eigenvalue weighted by Gasteiger charge is 2.15. The minimum atomic E-state index is -1.02. The van der Waals surface area contributed by atoms with Gasteiger partial charge >= 0.3 is 5.97 Å². The van der Waals surface area contributed by atoms with Crippen LogP contribution in [0.4, 0.5) is 0 Å². The average Bonchev–Trinajstić information content (AvgIpc) is 2.25. The summed E-state index contributed by atoms with van der Waals surface area (Å²) in [5, 5.41) is 11.0. The molecule has 1 heterocycles. The maximum absolute atomic E-state index is 10.7. The summed E-state index contributed by atoms with van der Waals surface area (Å²) in [6, 6.07) is 2.83. The van der Waals surface area contributed by atoms with E-state index in [-0.39, 0.29) is 0 Å². The Balaban J connectivity index is 2.47. The molecule has 1 aromatic rings. The molecule has 0 spiro atoms. The van der Waals surface area contributed by atoms with Gasteiger partial charge in [-0.3, -0.25) is 9.78 Å². The van der Waals surface area contributed by atoms with E-state index in [0.29, 0.717) is 19.3 Å². The Morgan fingerprint density at radius 1 is 1.67 bits per heavy atom. The van der Waals surface area contributed by atoms with E-state index in [4.69, 9.17) is 5.11 Å². The largest absolute Gasteiger partial charge is 0.480 e. The Morgan fingerprint density at radius 2 is 2.47 bits per heavy atom. The van der Waals surface area contributed by atoms with Gasteiger partial charge in [-0.15, -0.1) is 0 Å². The molecule has 0 aromatic carbocycles. The third-order valence-electron chi connectivity index (χ3n) is 2.01. The Labute approximate surface area is 87.1 Å². The van der Waals surface area contributed by atoms with Gasteiger partial charge in [-0.2, -0.15) is 0 Å². The van der Waals surface area contributed by atoms with Crippen LogP contribution in [0.1, 0.15) is 12.0 Å². The van der Waals surface area contributed by atoms with Crippen LogP contribution in [0.3, 0.4) is 0 Å². The maximum atomic E-state index is 10.7. The molecule has 5 heteroatoms. The predicted molar refractivity (Wildman–Crippen MR) is 53.2 cm³/mol. The average molecular weight is 208 g/mol. The molecule has 0 aliphatic heterocycles. The summed E-state index contributed by atoms with van der Waals surface area (Å²) >= 11 is 0. The third kappa shape index (κ3) is 3.76. The topological polar surface area (TPSA) is 79.3 Å². The first-order valence-corrected chi connectivity index (χ1v) is 4.55. The first-order chi connectivity index (χ1) is 7.24. The number of carboxylic acids is 1. The van der Waals surface area contributed by atoms with Crippen molar-refractivity contribution in [3.8, 4) is 0 Å². The van der Waals surface area contributed by atoms with Gasteiger partial charge in [0.1, 0.15) is 6.04 Å². The van der Waals surface area contributed by atoms with Gasteiger partial charge in [0, 0.05) is 12.4 Å². The Kier molecular flexibility index (Phi) is 4.28. The second-order valence-corrected chi connectivity index (χ2v) is 3.08. The van der Waals surface area contributed by atoms with Crippen LogP contribution in [0.2, 0.25) is 0 Å². The summed E-state index contributed by atoms with van der Waals surface area (Å²) in [6.07, 6.45) is 4.68. The molecular weight excluding hydrogens is 196 g/mol. The van der Waals surface area contributed by atoms with Gasteiger partial charge < -0.3 is 10.4 Å². The van der Waals surface area contributed by atoms with E-state index in [9.17, 15) is 9.59 Å². The standard InChI is InChI=1S/C10H12N2O3/c13-7-12-9(10(14)15)4-3-8-2-1-5-11-6-8/h1-2,5-7,9H,3-4H2,(H,12,13)(H,14,15). The predicted octanol–water partition coefficient (Wildman–Crippen LogP) is 0.213. The van der Waals surface area contributed by atoms with Crippen molar-refractivity contribution in [1.29, 1.82) is 0 Å². The number of hydrogen-bond donors (Lipinski definition) is 2. The second-order valence-electron chi connectivity index (χ2n) is 3.08. The molecule has 0 bridgehead atoms. The van der Waals surface area contributed by atoms with Gasteiger partial charge in [0.05, 0.1) is 0 Å². The normalized spacial score (nSPS) is 11.7. The number of nitrogens with one attached hydrogen (secondary N) is 1. The van der Waals surface area contributed by atoms with Gasteiger partial charge in [-0.1, -0.05) is 6.07 Å². The zero-order chi connectivity index (χ0) is 11.1. The van der Waals surface area contributed by atoms with Crippen molar-refractivity contribution in [3.63, 3.8) is 0 Å². The van der Waals surface area contributed by atoms with Crippen LogP contribution in [0.15, 0.2) is 24.5 Å². The Morgan fingerprint density at radius 3 is 3.00 bits per heavy atom. The van der Waals surface area contributed by atoms with Crippen molar-refractivity contribution < 1.29 is 14.7 Å². The van der Waals surface area contributed by atoms with Crippen LogP contribution in [-0.4, -0.2) is 28.5 Å². The summed E-state index contributed by atoms with van der Waals surface area (Å²) in [5.74, 6) is -1.02. The zero-order valence-corrected chi connectivity index (χ0v) is 8.09. The van der Waals surface area contributed by atoms with Crippen molar-refractivity contribution >= 4 is 12.4 Å². The Bertz CT molecular complexity index is 327. The van der Waals surface area contributed by atoms with Gasteiger partial charge in [0.2, 0.25) is 6.41 Å². The summed E-state index contributed by atoms with van der Waals surface area (Å²) in [6.45, 7) is 0. The molecule has 15 heavy (non-hydrogen) atoms. The van der Waals surface area contributed by atoms with Gasteiger partial charge in [-0.25, -0.2) is 4.79 Å². The lowest BCUT2D eigenvalue weighted by atomic mass is 10.1. The monoisotopic (exact) mass is 208 g/mol. The highest BCUT2D eigenvalue weighted by Crippen LogP contribution is 2.03. The second kappa shape index (κ2) is 5.74. The fraction of sp³-hybridized carbons (Fsp3) is 0.300. The number of aliphatic carboxylic acids is 1. The number of nitrogens with zero attached hydrogens (tertiary/aromatic N) is 1. The summed E-state index contributed by atoms with van der Waals surface area (Å²) in [7, 11) is 0. The van der Waals surface area contributed by atoms with Crippen LogP contribution < -0.4 is 5.32 Å². The van der Waals surface area contributed by atoms with Crippen molar-refractivity contribution in [2.75, 3.05) is 0 Å². The lowest BCUT2D eigenvalue weighted by Gasteiger charge is -2.10. The van der Waals surface area contributed by atoms with Crippen molar-refractivity contribution in [2.24, 2.45) is 0 Å². The maximum Gasteiger partial charge on any atom is 0.326 e. The highest BCUT2D eigenvalue weighted by atomic mass is 16.4. The Hall–Kier alpha value is -1.91. The molecule has 1 atom stereocenters. The fourth-order valence-electron chi connectivity index (χ4n) is 1.22. The number of carbonyl (C=O) groups excluding carboxylic acids is 1.